The summed E-state index contributed by atoms with van der Waals surface area (Å²) in [7, 11) is -8.10. The van der Waals surface area contributed by atoms with E-state index in [4.69, 9.17) is 0 Å². The van der Waals surface area contributed by atoms with Crippen LogP contribution in [0.2, 0.25) is 0 Å². The third-order valence-electron chi connectivity index (χ3n) is 2.91. The van der Waals surface area contributed by atoms with Crippen molar-refractivity contribution in [1.82, 2.24) is 0 Å². The zero-order valence-electron chi connectivity index (χ0n) is 13.1. The predicted octanol–water partition coefficient (Wildman–Crippen LogP) is -0.0607. The van der Waals surface area contributed by atoms with Gasteiger partial charge in [-0.15, -0.1) is 0 Å². The minimum atomic E-state index is -4.67. The fourth-order valence-corrected chi connectivity index (χ4v) is 3.07. The van der Waals surface area contributed by atoms with E-state index in [1.807, 2.05) is 0 Å². The molecule has 0 aliphatic carbocycles. The van der Waals surface area contributed by atoms with Gasteiger partial charge in [0.2, 0.25) is 0 Å². The van der Waals surface area contributed by atoms with E-state index in [0.717, 1.165) is 19.3 Å². The third-order valence-corrected chi connectivity index (χ3v) is 4.75. The predicted molar refractivity (Wildman–Crippen MR) is 76.8 cm³/mol. The molecule has 0 aromatic carbocycles. The maximum absolute atomic E-state index is 10.9. The first-order chi connectivity index (χ1) is 9.48. The summed E-state index contributed by atoms with van der Waals surface area (Å²) in [5.41, 5.74) is 0. The van der Waals surface area contributed by atoms with Crippen molar-refractivity contribution in [2.24, 2.45) is 0 Å². The van der Waals surface area contributed by atoms with Crippen molar-refractivity contribution in [1.29, 1.82) is 0 Å². The Hall–Kier alpha value is 1.06. The van der Waals surface area contributed by atoms with Gasteiger partial charge in [0.1, 0.15) is 0 Å². The molecule has 1 atom stereocenters. The van der Waals surface area contributed by atoms with E-state index in [1.165, 1.54) is 38.5 Å². The molecule has 0 N–H and O–H groups in total. The minimum absolute atomic E-state index is 0. The third kappa shape index (κ3) is 19.0. The van der Waals surface area contributed by atoms with Crippen LogP contribution < -0.4 is 34.5 Å². The maximum atomic E-state index is 10.9. The van der Waals surface area contributed by atoms with Crippen molar-refractivity contribution in [3.05, 3.63) is 0 Å². The van der Waals surface area contributed by atoms with Crippen LogP contribution in [0.1, 0.15) is 71.1 Å². The Morgan fingerprint density at radius 3 is 1.76 bits per heavy atom. The monoisotopic (exact) mass is 352 g/mol. The number of thiol groups is 1. The summed E-state index contributed by atoms with van der Waals surface area (Å²) in [5.74, 6) is 0. The van der Waals surface area contributed by atoms with Gasteiger partial charge < -0.3 is 9.42 Å². The summed E-state index contributed by atoms with van der Waals surface area (Å²) < 4.78 is 39.1. The van der Waals surface area contributed by atoms with Crippen LogP contribution in [0.25, 0.3) is 0 Å². The molecule has 0 aromatic heterocycles. The van der Waals surface area contributed by atoms with Gasteiger partial charge in [-0.2, -0.15) is 0 Å². The van der Waals surface area contributed by atoms with Gasteiger partial charge in [0, 0.05) is 0 Å². The molecule has 6 nitrogen and oxygen atoms in total. The molecule has 0 aliphatic rings. The molecule has 122 valence electrons. The van der Waals surface area contributed by atoms with E-state index in [0.29, 0.717) is 6.42 Å². The Kier molecular flexibility index (Phi) is 18.5. The average molecular weight is 352 g/mol. The number of unbranched alkanes of at least 4 members (excludes halogenated alkanes) is 9. The molecule has 0 rings (SSSR count). The van der Waals surface area contributed by atoms with Crippen LogP contribution in [-0.4, -0.2) is 15.0 Å². The number of rotatable bonds is 14. The molecular formula is C12H26NaO6PS. The van der Waals surface area contributed by atoms with Gasteiger partial charge >= 0.3 is 29.6 Å². The van der Waals surface area contributed by atoms with Gasteiger partial charge in [-0.3, -0.25) is 4.57 Å². The van der Waals surface area contributed by atoms with Crippen LogP contribution in [0, 0.1) is 0 Å². The zero-order valence-corrected chi connectivity index (χ0v) is 16.9. The van der Waals surface area contributed by atoms with Crippen LogP contribution in [0.4, 0.5) is 0 Å². The minimum Gasteiger partial charge on any atom is -0.755 e. The molecule has 0 heterocycles. The number of hydrogen-bond donors (Lipinski definition) is 1. The molecule has 21 heavy (non-hydrogen) atoms. The quantitative estimate of drug-likeness (QED) is 0.204. The summed E-state index contributed by atoms with van der Waals surface area (Å²) in [4.78, 5) is 10.9. The van der Waals surface area contributed by atoms with Gasteiger partial charge in [0.15, 0.2) is 0 Å². The molecule has 0 radical (unpaired) electrons. The summed E-state index contributed by atoms with van der Waals surface area (Å²) in [5, 5.41) is 0. The Labute approximate surface area is 152 Å². The standard InChI is InChI=1S/C12H27O6PS.Na/c1-2-3-4-5-6-7-8-9-10-11-12-17-19(13,14)18-20(15)16;/h20H,2-12H2,1H3,(H,13,14);/q;+1/p-1. The SMILES string of the molecule is CCCCCCCCCCCCOP(=O)([O-])O[SH](=O)=O.[Na+]. The van der Waals surface area contributed by atoms with Crippen molar-refractivity contribution in [2.75, 3.05) is 6.61 Å². The van der Waals surface area contributed by atoms with Crippen molar-refractivity contribution in [3.8, 4) is 0 Å². The molecule has 0 fully saturated rings. The maximum Gasteiger partial charge on any atom is 1.00 e. The number of phosphoric acid groups is 1. The molecule has 0 amide bonds. The Balaban J connectivity index is 0. The van der Waals surface area contributed by atoms with Crippen LogP contribution in [0.3, 0.4) is 0 Å². The van der Waals surface area contributed by atoms with Gasteiger partial charge in [0.05, 0.1) is 6.61 Å². The van der Waals surface area contributed by atoms with E-state index in [1.54, 1.807) is 0 Å². The average Bonchev–Trinajstić information content (AvgIpc) is 2.34. The number of phosphoric ester groups is 1. The van der Waals surface area contributed by atoms with Crippen molar-refractivity contribution >= 4 is 18.8 Å². The van der Waals surface area contributed by atoms with Crippen LogP contribution in [0.15, 0.2) is 0 Å². The molecule has 1 unspecified atom stereocenters. The molecule has 0 aromatic rings. The Morgan fingerprint density at radius 1 is 0.905 bits per heavy atom. The molecule has 0 saturated heterocycles. The first-order valence-corrected chi connectivity index (χ1v) is 9.83. The summed E-state index contributed by atoms with van der Waals surface area (Å²) >= 11 is 0. The fraction of sp³-hybridized carbons (Fsp3) is 1.00. The second-order valence-electron chi connectivity index (χ2n) is 4.77. The van der Waals surface area contributed by atoms with Gasteiger partial charge in [-0.25, -0.2) is 12.4 Å². The molecule has 0 aliphatic heterocycles. The second kappa shape index (κ2) is 15.9. The van der Waals surface area contributed by atoms with E-state index in [9.17, 15) is 17.9 Å². The van der Waals surface area contributed by atoms with Crippen molar-refractivity contribution in [3.63, 3.8) is 0 Å². The number of hydrogen-bond acceptors (Lipinski definition) is 6. The molecule has 9 heteroatoms. The normalized spacial score (nSPS) is 13.9. The topological polar surface area (TPSA) is 92.7 Å². The largest absolute Gasteiger partial charge is 1.00 e. The van der Waals surface area contributed by atoms with Crippen molar-refractivity contribution < 1.29 is 55.9 Å². The summed E-state index contributed by atoms with van der Waals surface area (Å²) in [6.45, 7) is 2.17. The van der Waals surface area contributed by atoms with E-state index < -0.39 is 18.8 Å². The Morgan fingerprint density at radius 2 is 1.33 bits per heavy atom. The second-order valence-corrected chi connectivity index (χ2v) is 7.02. The first-order valence-electron chi connectivity index (χ1n) is 7.27. The Bertz CT molecular complexity index is 343. The fourth-order valence-electron chi connectivity index (χ4n) is 1.87. The first kappa shape index (κ1) is 24.3. The molecular weight excluding hydrogens is 326 g/mol. The van der Waals surface area contributed by atoms with Crippen LogP contribution >= 0.6 is 7.82 Å². The van der Waals surface area contributed by atoms with Crippen LogP contribution in [-0.2, 0) is 24.0 Å². The van der Waals surface area contributed by atoms with Gasteiger partial charge in [-0.05, 0) is 6.42 Å². The molecule has 0 saturated carbocycles. The van der Waals surface area contributed by atoms with E-state index in [2.05, 4.69) is 15.4 Å². The summed E-state index contributed by atoms with van der Waals surface area (Å²) in [6, 6.07) is 0. The van der Waals surface area contributed by atoms with Gasteiger partial charge in [-0.1, -0.05) is 64.7 Å². The van der Waals surface area contributed by atoms with E-state index in [-0.39, 0.29) is 36.2 Å². The van der Waals surface area contributed by atoms with Crippen molar-refractivity contribution in [2.45, 2.75) is 71.1 Å². The van der Waals surface area contributed by atoms with E-state index >= 15 is 0 Å². The molecule has 0 spiro atoms. The smallest absolute Gasteiger partial charge is 0.755 e. The zero-order chi connectivity index (χ0) is 15.3. The molecule has 0 bridgehead atoms. The van der Waals surface area contributed by atoms with Gasteiger partial charge in [0.25, 0.3) is 18.8 Å². The van der Waals surface area contributed by atoms with Crippen LogP contribution in [0.5, 0.6) is 0 Å². The summed E-state index contributed by atoms with van der Waals surface area (Å²) in [6.07, 6.45) is 11.3.